The van der Waals surface area contributed by atoms with Crippen molar-refractivity contribution in [1.82, 2.24) is 15.2 Å². The molecule has 0 bridgehead atoms. The van der Waals surface area contributed by atoms with E-state index in [1.54, 1.807) is 26.1 Å². The minimum Gasteiger partial charge on any atom is -0.477 e. The van der Waals surface area contributed by atoms with Crippen LogP contribution in [-0.4, -0.2) is 15.2 Å². The summed E-state index contributed by atoms with van der Waals surface area (Å²) >= 11 is 3.30. The molecule has 2 aromatic rings. The average molecular weight is 299 g/mol. The van der Waals surface area contributed by atoms with Gasteiger partial charge in [-0.05, 0) is 28.9 Å². The van der Waals surface area contributed by atoms with Gasteiger partial charge in [0.2, 0.25) is 5.89 Å². The Balaban J connectivity index is 2.18. The van der Waals surface area contributed by atoms with Crippen molar-refractivity contribution in [2.75, 3.05) is 5.73 Å². The number of rotatable bonds is 3. The zero-order valence-corrected chi connectivity index (χ0v) is 10.9. The Morgan fingerprint density at radius 1 is 1.47 bits per heavy atom. The predicted molar refractivity (Wildman–Crippen MR) is 64.4 cm³/mol. The molecule has 17 heavy (non-hydrogen) atoms. The van der Waals surface area contributed by atoms with Crippen LogP contribution in [0, 0.1) is 6.92 Å². The topological polar surface area (TPSA) is 87.1 Å². The molecule has 2 aromatic heterocycles. The van der Waals surface area contributed by atoms with Gasteiger partial charge < -0.3 is 14.9 Å². The number of hydrogen-bond acceptors (Lipinski definition) is 6. The third kappa shape index (κ3) is 2.73. The van der Waals surface area contributed by atoms with E-state index in [-0.39, 0.29) is 6.10 Å². The molecule has 0 fully saturated rings. The van der Waals surface area contributed by atoms with Crippen LogP contribution in [0.25, 0.3) is 0 Å². The molecule has 0 aromatic carbocycles. The molecule has 0 saturated heterocycles. The predicted octanol–water partition coefficient (Wildman–Crippen LogP) is 2.26. The number of aromatic nitrogens is 3. The first-order chi connectivity index (χ1) is 8.06. The van der Waals surface area contributed by atoms with Gasteiger partial charge in [0.15, 0.2) is 17.7 Å². The molecule has 2 rings (SSSR count). The third-order valence-corrected chi connectivity index (χ3v) is 2.48. The molecule has 0 spiro atoms. The second kappa shape index (κ2) is 4.70. The van der Waals surface area contributed by atoms with Crippen LogP contribution in [0.5, 0.6) is 5.75 Å². The smallest absolute Gasteiger partial charge is 0.256 e. The van der Waals surface area contributed by atoms with Crippen molar-refractivity contribution in [3.8, 4) is 5.75 Å². The third-order valence-electron chi connectivity index (χ3n) is 2.04. The standard InChI is InChI=1S/C10H11BrN4O2/c1-5(10-15-14-6(2)17-10)16-8-3-7(11)4-13-9(8)12/h3-5H,1-2H3,(H2,12,13). The zero-order valence-electron chi connectivity index (χ0n) is 9.35. The first-order valence-corrected chi connectivity index (χ1v) is 5.73. The Kier molecular flexibility index (Phi) is 3.28. The molecule has 0 saturated carbocycles. The maximum atomic E-state index is 5.70. The number of nitrogens with zero attached hydrogens (tertiary/aromatic N) is 3. The highest BCUT2D eigenvalue weighted by Crippen LogP contribution is 2.27. The summed E-state index contributed by atoms with van der Waals surface area (Å²) in [5.41, 5.74) is 5.70. The van der Waals surface area contributed by atoms with Crippen LogP contribution >= 0.6 is 15.9 Å². The highest BCUT2D eigenvalue weighted by atomic mass is 79.9. The molecule has 2 N–H and O–H groups in total. The molecule has 1 atom stereocenters. The molecule has 0 aliphatic carbocycles. The lowest BCUT2D eigenvalue weighted by molar-refractivity contribution is 0.187. The van der Waals surface area contributed by atoms with Gasteiger partial charge in [-0.1, -0.05) is 0 Å². The molecular formula is C10H11BrN4O2. The summed E-state index contributed by atoms with van der Waals surface area (Å²) < 4.78 is 11.7. The van der Waals surface area contributed by atoms with Crippen molar-refractivity contribution >= 4 is 21.7 Å². The molecule has 1 unspecified atom stereocenters. The number of hydrogen-bond donors (Lipinski definition) is 1. The van der Waals surface area contributed by atoms with E-state index in [0.29, 0.717) is 23.3 Å². The van der Waals surface area contributed by atoms with Crippen LogP contribution in [-0.2, 0) is 0 Å². The summed E-state index contributed by atoms with van der Waals surface area (Å²) in [6.45, 7) is 3.52. The van der Waals surface area contributed by atoms with Crippen LogP contribution in [0.3, 0.4) is 0 Å². The van der Waals surface area contributed by atoms with Gasteiger partial charge in [-0.25, -0.2) is 4.98 Å². The molecule has 0 aliphatic rings. The monoisotopic (exact) mass is 298 g/mol. The van der Waals surface area contributed by atoms with Gasteiger partial charge >= 0.3 is 0 Å². The fourth-order valence-electron chi connectivity index (χ4n) is 1.24. The Labute approximate surface area is 106 Å². The molecule has 0 radical (unpaired) electrons. The highest BCUT2D eigenvalue weighted by molar-refractivity contribution is 9.10. The van der Waals surface area contributed by atoms with Crippen LogP contribution in [0.15, 0.2) is 21.2 Å². The quantitative estimate of drug-likeness (QED) is 0.935. The minimum absolute atomic E-state index is 0.316. The average Bonchev–Trinajstić information content (AvgIpc) is 2.70. The van der Waals surface area contributed by atoms with Crippen LogP contribution in [0.2, 0.25) is 0 Å². The van der Waals surface area contributed by atoms with Gasteiger partial charge in [-0.3, -0.25) is 0 Å². The summed E-state index contributed by atoms with van der Waals surface area (Å²) in [6, 6.07) is 1.74. The lowest BCUT2D eigenvalue weighted by atomic mass is 10.4. The molecular weight excluding hydrogens is 288 g/mol. The van der Waals surface area contributed by atoms with Crippen LogP contribution < -0.4 is 10.5 Å². The van der Waals surface area contributed by atoms with Crippen LogP contribution in [0.1, 0.15) is 24.8 Å². The molecule has 90 valence electrons. The number of nitrogens with two attached hydrogens (primary N) is 1. The van der Waals surface area contributed by atoms with Crippen molar-refractivity contribution in [2.45, 2.75) is 20.0 Å². The first-order valence-electron chi connectivity index (χ1n) is 4.94. The second-order valence-corrected chi connectivity index (χ2v) is 4.37. The molecule has 0 amide bonds. The number of pyridine rings is 1. The Bertz CT molecular complexity index is 529. The van der Waals surface area contributed by atoms with E-state index in [1.807, 2.05) is 0 Å². The Morgan fingerprint density at radius 2 is 2.24 bits per heavy atom. The minimum atomic E-state index is -0.380. The molecule has 7 heteroatoms. The number of anilines is 1. The van der Waals surface area contributed by atoms with Crippen molar-refractivity contribution in [1.29, 1.82) is 0 Å². The zero-order chi connectivity index (χ0) is 12.4. The van der Waals surface area contributed by atoms with Crippen molar-refractivity contribution in [3.63, 3.8) is 0 Å². The molecule has 2 heterocycles. The SMILES string of the molecule is Cc1nnc(C(C)Oc2cc(Br)cnc2N)o1. The normalized spacial score (nSPS) is 12.4. The largest absolute Gasteiger partial charge is 0.477 e. The summed E-state index contributed by atoms with van der Waals surface area (Å²) in [5.74, 6) is 1.69. The molecule has 0 aliphatic heterocycles. The second-order valence-electron chi connectivity index (χ2n) is 3.46. The van der Waals surface area contributed by atoms with E-state index in [9.17, 15) is 0 Å². The number of ether oxygens (including phenoxy) is 1. The fourth-order valence-corrected chi connectivity index (χ4v) is 1.55. The number of halogens is 1. The fraction of sp³-hybridized carbons (Fsp3) is 0.300. The van der Waals surface area contributed by atoms with E-state index < -0.39 is 0 Å². The van der Waals surface area contributed by atoms with E-state index >= 15 is 0 Å². The van der Waals surface area contributed by atoms with Gasteiger partial charge in [-0.15, -0.1) is 10.2 Å². The lowest BCUT2D eigenvalue weighted by Gasteiger charge is -2.12. The first kappa shape index (κ1) is 11.8. The van der Waals surface area contributed by atoms with Gasteiger partial charge in [0.1, 0.15) is 0 Å². The van der Waals surface area contributed by atoms with E-state index in [2.05, 4.69) is 31.1 Å². The summed E-state index contributed by atoms with van der Waals surface area (Å²) in [4.78, 5) is 3.97. The molecule has 6 nitrogen and oxygen atoms in total. The highest BCUT2D eigenvalue weighted by Gasteiger charge is 2.16. The van der Waals surface area contributed by atoms with Crippen molar-refractivity contribution < 1.29 is 9.15 Å². The van der Waals surface area contributed by atoms with Gasteiger partial charge in [0, 0.05) is 17.6 Å². The maximum Gasteiger partial charge on any atom is 0.256 e. The summed E-state index contributed by atoms with van der Waals surface area (Å²) in [7, 11) is 0. The van der Waals surface area contributed by atoms with E-state index in [1.165, 1.54) is 0 Å². The summed E-state index contributed by atoms with van der Waals surface area (Å²) in [6.07, 6.45) is 1.22. The van der Waals surface area contributed by atoms with E-state index in [0.717, 1.165) is 4.47 Å². The van der Waals surface area contributed by atoms with E-state index in [4.69, 9.17) is 14.9 Å². The summed E-state index contributed by atoms with van der Waals surface area (Å²) in [5, 5.41) is 7.62. The lowest BCUT2D eigenvalue weighted by Crippen LogP contribution is -2.06. The Morgan fingerprint density at radius 3 is 2.88 bits per heavy atom. The van der Waals surface area contributed by atoms with Gasteiger partial charge in [-0.2, -0.15) is 0 Å². The van der Waals surface area contributed by atoms with Crippen molar-refractivity contribution in [3.05, 3.63) is 28.5 Å². The van der Waals surface area contributed by atoms with Crippen LogP contribution in [0.4, 0.5) is 5.82 Å². The number of aryl methyl sites for hydroxylation is 1. The van der Waals surface area contributed by atoms with Gasteiger partial charge in [0.25, 0.3) is 5.89 Å². The van der Waals surface area contributed by atoms with Gasteiger partial charge in [0.05, 0.1) is 0 Å². The van der Waals surface area contributed by atoms with Crippen molar-refractivity contribution in [2.24, 2.45) is 0 Å². The number of nitrogen functional groups attached to an aromatic ring is 1. The Hall–Kier alpha value is -1.63. The maximum absolute atomic E-state index is 5.70.